The molecule has 1 saturated heterocycles. The van der Waals surface area contributed by atoms with Crippen LogP contribution in [0.5, 0.6) is 0 Å². The van der Waals surface area contributed by atoms with Crippen LogP contribution in [0.2, 0.25) is 5.02 Å². The first-order valence-electron chi connectivity index (χ1n) is 8.32. The molecule has 0 aromatic heterocycles. The molecule has 1 fully saturated rings. The molecule has 2 aromatic rings. The lowest BCUT2D eigenvalue weighted by molar-refractivity contribution is 0.0535. The van der Waals surface area contributed by atoms with Gasteiger partial charge in [-0.05, 0) is 35.9 Å². The fourth-order valence-corrected chi connectivity index (χ4v) is 3.16. The molecule has 3 rings (SSSR count). The summed E-state index contributed by atoms with van der Waals surface area (Å²) in [4.78, 5) is 28.5. The zero-order chi connectivity index (χ0) is 18.7. The Morgan fingerprint density at radius 3 is 2.08 bits per heavy atom. The van der Waals surface area contributed by atoms with Crippen molar-refractivity contribution in [3.63, 3.8) is 0 Å². The molecule has 1 heterocycles. The smallest absolute Gasteiger partial charge is 0.255 e. The van der Waals surface area contributed by atoms with E-state index < -0.39 is 5.82 Å². The van der Waals surface area contributed by atoms with Crippen LogP contribution in [0.3, 0.4) is 0 Å². The standard InChI is InChI=1S/C19H19ClFN3O2/c20-17-11-15(21)5-6-16(17)19(26)24-9-7-23(8-10-24)18(25)14-3-1-13(12-22)2-4-14/h1-6,11H,7-10,12,22H2. The minimum Gasteiger partial charge on any atom is -0.335 e. The topological polar surface area (TPSA) is 66.6 Å². The van der Waals surface area contributed by atoms with Gasteiger partial charge in [-0.25, -0.2) is 4.39 Å². The van der Waals surface area contributed by atoms with Crippen LogP contribution in [-0.4, -0.2) is 47.8 Å². The minimum atomic E-state index is -0.484. The summed E-state index contributed by atoms with van der Waals surface area (Å²) in [6.45, 7) is 2.10. The normalized spacial score (nSPS) is 14.4. The van der Waals surface area contributed by atoms with Crippen molar-refractivity contribution >= 4 is 23.4 Å². The van der Waals surface area contributed by atoms with Gasteiger partial charge in [-0.1, -0.05) is 23.7 Å². The van der Waals surface area contributed by atoms with Crippen LogP contribution in [0.25, 0.3) is 0 Å². The number of piperazine rings is 1. The average Bonchev–Trinajstić information content (AvgIpc) is 2.67. The van der Waals surface area contributed by atoms with Crippen molar-refractivity contribution in [1.29, 1.82) is 0 Å². The third-order valence-electron chi connectivity index (χ3n) is 4.45. The molecule has 2 amide bonds. The van der Waals surface area contributed by atoms with Gasteiger partial charge in [0.25, 0.3) is 11.8 Å². The summed E-state index contributed by atoms with van der Waals surface area (Å²) >= 11 is 5.97. The Hall–Kier alpha value is -2.44. The fraction of sp³-hybridized carbons (Fsp3) is 0.263. The molecule has 5 nitrogen and oxygen atoms in total. The molecule has 0 bridgehead atoms. The molecule has 0 saturated carbocycles. The van der Waals surface area contributed by atoms with Gasteiger partial charge >= 0.3 is 0 Å². The number of halogens is 2. The van der Waals surface area contributed by atoms with Crippen molar-refractivity contribution in [2.45, 2.75) is 6.54 Å². The second kappa shape index (κ2) is 7.85. The lowest BCUT2D eigenvalue weighted by Crippen LogP contribution is -2.50. The maximum atomic E-state index is 13.1. The van der Waals surface area contributed by atoms with Crippen LogP contribution in [0.15, 0.2) is 42.5 Å². The number of benzene rings is 2. The van der Waals surface area contributed by atoms with E-state index in [1.54, 1.807) is 21.9 Å². The van der Waals surface area contributed by atoms with Gasteiger partial charge in [-0.2, -0.15) is 0 Å². The number of carbonyl (C=O) groups excluding carboxylic acids is 2. The predicted octanol–water partition coefficient (Wildman–Crippen LogP) is 2.54. The van der Waals surface area contributed by atoms with Crippen molar-refractivity contribution in [2.75, 3.05) is 26.2 Å². The van der Waals surface area contributed by atoms with E-state index in [-0.39, 0.29) is 22.4 Å². The predicted molar refractivity (Wildman–Crippen MR) is 97.6 cm³/mol. The van der Waals surface area contributed by atoms with Gasteiger partial charge in [-0.15, -0.1) is 0 Å². The SMILES string of the molecule is NCc1ccc(C(=O)N2CCN(C(=O)c3ccc(F)cc3Cl)CC2)cc1. The summed E-state index contributed by atoms with van der Waals surface area (Å²) in [5.74, 6) is -0.808. The molecule has 1 aliphatic rings. The Labute approximate surface area is 156 Å². The highest BCUT2D eigenvalue weighted by molar-refractivity contribution is 6.33. The number of rotatable bonds is 3. The Morgan fingerprint density at radius 2 is 1.54 bits per heavy atom. The Kier molecular flexibility index (Phi) is 5.54. The quantitative estimate of drug-likeness (QED) is 0.896. The summed E-state index contributed by atoms with van der Waals surface area (Å²) in [6, 6.07) is 10.9. The number of hydrogen-bond acceptors (Lipinski definition) is 3. The van der Waals surface area contributed by atoms with Crippen LogP contribution in [0.4, 0.5) is 4.39 Å². The Morgan fingerprint density at radius 1 is 0.962 bits per heavy atom. The van der Waals surface area contributed by atoms with Crippen LogP contribution < -0.4 is 5.73 Å². The monoisotopic (exact) mass is 375 g/mol. The maximum absolute atomic E-state index is 13.1. The highest BCUT2D eigenvalue weighted by atomic mass is 35.5. The summed E-state index contributed by atoms with van der Waals surface area (Å²) < 4.78 is 13.1. The number of hydrogen-bond donors (Lipinski definition) is 1. The van der Waals surface area contributed by atoms with E-state index in [9.17, 15) is 14.0 Å². The molecule has 2 N–H and O–H groups in total. The van der Waals surface area contributed by atoms with Gasteiger partial charge in [0.05, 0.1) is 10.6 Å². The molecule has 0 spiro atoms. The fourth-order valence-electron chi connectivity index (χ4n) is 2.91. The first-order chi connectivity index (χ1) is 12.5. The van der Waals surface area contributed by atoms with Crippen molar-refractivity contribution in [3.05, 3.63) is 70.0 Å². The van der Waals surface area contributed by atoms with E-state index in [4.69, 9.17) is 17.3 Å². The van der Waals surface area contributed by atoms with Crippen LogP contribution >= 0.6 is 11.6 Å². The molecule has 0 aliphatic carbocycles. The number of amides is 2. The summed E-state index contributed by atoms with van der Waals surface area (Å²) in [7, 11) is 0. The third-order valence-corrected chi connectivity index (χ3v) is 4.76. The number of nitrogens with two attached hydrogens (primary N) is 1. The summed E-state index contributed by atoms with van der Waals surface area (Å²) in [5.41, 5.74) is 7.40. The molecule has 0 unspecified atom stereocenters. The largest absolute Gasteiger partial charge is 0.335 e. The van der Waals surface area contributed by atoms with E-state index >= 15 is 0 Å². The molecule has 0 atom stereocenters. The van der Waals surface area contributed by atoms with E-state index in [0.29, 0.717) is 38.3 Å². The van der Waals surface area contributed by atoms with Crippen LogP contribution in [0.1, 0.15) is 26.3 Å². The van der Waals surface area contributed by atoms with Crippen molar-refractivity contribution in [3.8, 4) is 0 Å². The van der Waals surface area contributed by atoms with E-state index in [2.05, 4.69) is 0 Å². The molecule has 1 aliphatic heterocycles. The summed E-state index contributed by atoms with van der Waals surface area (Å²) in [5, 5.41) is 0.0912. The second-order valence-electron chi connectivity index (χ2n) is 6.11. The third kappa shape index (κ3) is 3.86. The van der Waals surface area contributed by atoms with Gasteiger partial charge in [0.2, 0.25) is 0 Å². The average molecular weight is 376 g/mol. The van der Waals surface area contributed by atoms with Gasteiger partial charge in [0, 0.05) is 38.3 Å². The molecule has 136 valence electrons. The van der Waals surface area contributed by atoms with Crippen LogP contribution in [-0.2, 0) is 6.54 Å². The lowest BCUT2D eigenvalue weighted by Gasteiger charge is -2.35. The minimum absolute atomic E-state index is 0.0690. The molecule has 2 aromatic carbocycles. The molecular formula is C19H19ClFN3O2. The molecule has 7 heteroatoms. The van der Waals surface area contributed by atoms with Crippen molar-refractivity contribution < 1.29 is 14.0 Å². The zero-order valence-electron chi connectivity index (χ0n) is 14.1. The molecule has 26 heavy (non-hydrogen) atoms. The van der Waals surface area contributed by atoms with E-state index in [1.807, 2.05) is 12.1 Å². The number of nitrogens with zero attached hydrogens (tertiary/aromatic N) is 2. The zero-order valence-corrected chi connectivity index (χ0v) is 14.9. The van der Waals surface area contributed by atoms with Gasteiger partial charge in [0.15, 0.2) is 0 Å². The second-order valence-corrected chi connectivity index (χ2v) is 6.52. The molecular weight excluding hydrogens is 357 g/mol. The highest BCUT2D eigenvalue weighted by Crippen LogP contribution is 2.20. The first kappa shape index (κ1) is 18.4. The van der Waals surface area contributed by atoms with E-state index in [0.717, 1.165) is 11.6 Å². The lowest BCUT2D eigenvalue weighted by atomic mass is 10.1. The van der Waals surface area contributed by atoms with Crippen molar-refractivity contribution in [1.82, 2.24) is 9.80 Å². The summed E-state index contributed by atoms with van der Waals surface area (Å²) in [6.07, 6.45) is 0. The number of carbonyl (C=O) groups is 2. The van der Waals surface area contributed by atoms with Gasteiger partial charge in [-0.3, -0.25) is 9.59 Å². The first-order valence-corrected chi connectivity index (χ1v) is 8.70. The van der Waals surface area contributed by atoms with Gasteiger partial charge in [0.1, 0.15) is 5.82 Å². The van der Waals surface area contributed by atoms with E-state index in [1.165, 1.54) is 12.1 Å². The maximum Gasteiger partial charge on any atom is 0.255 e. The Balaban J connectivity index is 1.63. The Bertz CT molecular complexity index is 818. The van der Waals surface area contributed by atoms with Crippen LogP contribution in [0, 0.1) is 5.82 Å². The van der Waals surface area contributed by atoms with Crippen molar-refractivity contribution in [2.24, 2.45) is 5.73 Å². The van der Waals surface area contributed by atoms with Gasteiger partial charge < -0.3 is 15.5 Å². The highest BCUT2D eigenvalue weighted by Gasteiger charge is 2.26. The molecule has 0 radical (unpaired) electrons.